The lowest BCUT2D eigenvalue weighted by atomic mass is 10.3. The minimum atomic E-state index is -0.698. The molecule has 1 heterocycles. The first-order chi connectivity index (χ1) is 9.06. The van der Waals surface area contributed by atoms with Crippen LogP contribution in [-0.2, 0) is 11.3 Å². The summed E-state index contributed by atoms with van der Waals surface area (Å²) in [5, 5.41) is 2.33. The number of nitrogens with one attached hydrogen (secondary N) is 2. The van der Waals surface area contributed by atoms with Crippen LogP contribution >= 0.6 is 0 Å². The summed E-state index contributed by atoms with van der Waals surface area (Å²) < 4.78 is 14.3. The number of aromatic nitrogens is 2. The van der Waals surface area contributed by atoms with Crippen molar-refractivity contribution >= 4 is 11.6 Å². The molecule has 0 atom stereocenters. The van der Waals surface area contributed by atoms with Crippen molar-refractivity contribution in [3.63, 3.8) is 0 Å². The van der Waals surface area contributed by atoms with Gasteiger partial charge in [0.15, 0.2) is 0 Å². The number of para-hydroxylation sites is 1. The SMILES string of the molecule is O=C(Cn1ccc(=O)[nH]c1=O)Nc1ccccc1F. The van der Waals surface area contributed by atoms with E-state index in [2.05, 4.69) is 5.32 Å². The van der Waals surface area contributed by atoms with Crippen molar-refractivity contribution in [2.24, 2.45) is 0 Å². The highest BCUT2D eigenvalue weighted by Gasteiger charge is 2.07. The molecular weight excluding hydrogens is 253 g/mol. The van der Waals surface area contributed by atoms with Gasteiger partial charge in [-0.25, -0.2) is 9.18 Å². The van der Waals surface area contributed by atoms with Crippen LogP contribution < -0.4 is 16.6 Å². The van der Waals surface area contributed by atoms with E-state index >= 15 is 0 Å². The van der Waals surface area contributed by atoms with Crippen LogP contribution in [0.1, 0.15) is 0 Å². The summed E-state index contributed by atoms with van der Waals surface area (Å²) in [4.78, 5) is 35.9. The van der Waals surface area contributed by atoms with Gasteiger partial charge in [-0.05, 0) is 12.1 Å². The van der Waals surface area contributed by atoms with Crippen molar-refractivity contribution in [1.29, 1.82) is 0 Å². The first-order valence-corrected chi connectivity index (χ1v) is 5.40. The van der Waals surface area contributed by atoms with Gasteiger partial charge in [0.25, 0.3) is 5.56 Å². The van der Waals surface area contributed by atoms with Gasteiger partial charge in [0.05, 0.1) is 5.69 Å². The van der Waals surface area contributed by atoms with Crippen LogP contribution in [-0.4, -0.2) is 15.5 Å². The average Bonchev–Trinajstić information content (AvgIpc) is 2.36. The molecule has 2 aromatic rings. The molecule has 0 radical (unpaired) electrons. The predicted molar refractivity (Wildman–Crippen MR) is 66.4 cm³/mol. The van der Waals surface area contributed by atoms with Crippen LogP contribution in [0.4, 0.5) is 10.1 Å². The molecule has 0 saturated carbocycles. The van der Waals surface area contributed by atoms with E-state index in [1.807, 2.05) is 4.98 Å². The second kappa shape index (κ2) is 5.30. The zero-order valence-corrected chi connectivity index (χ0v) is 9.72. The van der Waals surface area contributed by atoms with Crippen molar-refractivity contribution in [2.45, 2.75) is 6.54 Å². The summed E-state index contributed by atoms with van der Waals surface area (Å²) in [6, 6.07) is 6.81. The summed E-state index contributed by atoms with van der Waals surface area (Å²) >= 11 is 0. The zero-order valence-electron chi connectivity index (χ0n) is 9.72. The standard InChI is InChI=1S/C12H10FN3O3/c13-8-3-1-2-4-9(8)14-11(18)7-16-6-5-10(17)15-12(16)19/h1-6H,7H2,(H,14,18)(H,15,17,19). The van der Waals surface area contributed by atoms with Crippen molar-refractivity contribution in [1.82, 2.24) is 9.55 Å². The molecule has 0 aliphatic rings. The maximum Gasteiger partial charge on any atom is 0.328 e. The van der Waals surface area contributed by atoms with E-state index in [1.54, 1.807) is 6.07 Å². The Morgan fingerprint density at radius 2 is 2.00 bits per heavy atom. The van der Waals surface area contributed by atoms with E-state index in [9.17, 15) is 18.8 Å². The predicted octanol–water partition coefficient (Wildman–Crippen LogP) is 0.314. The molecule has 1 aromatic heterocycles. The molecule has 0 fully saturated rings. The molecule has 6 nitrogen and oxygen atoms in total. The van der Waals surface area contributed by atoms with E-state index in [-0.39, 0.29) is 12.2 Å². The Labute approximate surface area is 106 Å². The quantitative estimate of drug-likeness (QED) is 0.836. The summed E-state index contributed by atoms with van der Waals surface area (Å²) in [6.07, 6.45) is 1.20. The Balaban J connectivity index is 2.12. The molecule has 0 saturated heterocycles. The number of aromatic amines is 1. The van der Waals surface area contributed by atoms with Crippen LogP contribution in [0.3, 0.4) is 0 Å². The van der Waals surface area contributed by atoms with Gasteiger partial charge in [0.1, 0.15) is 12.4 Å². The summed E-state index contributed by atoms with van der Waals surface area (Å²) in [5.74, 6) is -1.14. The van der Waals surface area contributed by atoms with Crippen LogP contribution in [0.25, 0.3) is 0 Å². The molecule has 7 heteroatoms. The topological polar surface area (TPSA) is 84.0 Å². The van der Waals surface area contributed by atoms with Gasteiger partial charge in [-0.15, -0.1) is 0 Å². The minimum absolute atomic E-state index is 0.0324. The van der Waals surface area contributed by atoms with Gasteiger partial charge in [-0.2, -0.15) is 0 Å². The fourth-order valence-electron chi connectivity index (χ4n) is 1.48. The van der Waals surface area contributed by atoms with E-state index in [0.717, 1.165) is 10.6 Å². The second-order valence-electron chi connectivity index (χ2n) is 3.77. The number of anilines is 1. The number of hydrogen-bond acceptors (Lipinski definition) is 3. The first-order valence-electron chi connectivity index (χ1n) is 5.40. The zero-order chi connectivity index (χ0) is 13.8. The number of carbonyl (C=O) groups excluding carboxylic acids is 1. The third kappa shape index (κ3) is 3.15. The van der Waals surface area contributed by atoms with Crippen LogP contribution in [0.15, 0.2) is 46.1 Å². The van der Waals surface area contributed by atoms with E-state index < -0.39 is 23.0 Å². The van der Waals surface area contributed by atoms with Gasteiger partial charge in [-0.1, -0.05) is 12.1 Å². The Morgan fingerprint density at radius 1 is 1.26 bits per heavy atom. The smallest absolute Gasteiger partial charge is 0.322 e. The number of H-pyrrole nitrogens is 1. The Hall–Kier alpha value is -2.70. The molecule has 2 rings (SSSR count). The Bertz CT molecular complexity index is 720. The number of hydrogen-bond donors (Lipinski definition) is 2. The van der Waals surface area contributed by atoms with E-state index in [1.165, 1.54) is 24.4 Å². The van der Waals surface area contributed by atoms with Gasteiger partial charge in [0, 0.05) is 12.3 Å². The normalized spacial score (nSPS) is 10.2. The number of benzene rings is 1. The molecule has 19 heavy (non-hydrogen) atoms. The molecule has 1 amide bonds. The maximum atomic E-state index is 13.3. The molecule has 2 N–H and O–H groups in total. The van der Waals surface area contributed by atoms with Crippen LogP contribution in [0.2, 0.25) is 0 Å². The number of amides is 1. The summed E-state index contributed by atoms with van der Waals surface area (Å²) in [5.41, 5.74) is -1.21. The number of carbonyl (C=O) groups is 1. The highest BCUT2D eigenvalue weighted by Crippen LogP contribution is 2.11. The van der Waals surface area contributed by atoms with Crippen molar-refractivity contribution in [2.75, 3.05) is 5.32 Å². The maximum absolute atomic E-state index is 13.3. The lowest BCUT2D eigenvalue weighted by molar-refractivity contribution is -0.116. The van der Waals surface area contributed by atoms with Crippen molar-refractivity contribution in [3.8, 4) is 0 Å². The number of halogens is 1. The highest BCUT2D eigenvalue weighted by molar-refractivity contribution is 5.90. The lowest BCUT2D eigenvalue weighted by Crippen LogP contribution is -2.32. The first kappa shape index (κ1) is 12.7. The molecular formula is C12H10FN3O3. The molecule has 1 aromatic carbocycles. The molecule has 0 aliphatic carbocycles. The third-order valence-electron chi connectivity index (χ3n) is 2.36. The minimum Gasteiger partial charge on any atom is -0.322 e. The van der Waals surface area contributed by atoms with Crippen LogP contribution in [0, 0.1) is 5.82 Å². The Morgan fingerprint density at radius 3 is 2.68 bits per heavy atom. The van der Waals surface area contributed by atoms with E-state index in [0.29, 0.717) is 0 Å². The molecule has 0 unspecified atom stereocenters. The van der Waals surface area contributed by atoms with Crippen molar-refractivity contribution in [3.05, 3.63) is 63.2 Å². The molecule has 98 valence electrons. The average molecular weight is 263 g/mol. The fourth-order valence-corrected chi connectivity index (χ4v) is 1.48. The van der Waals surface area contributed by atoms with Gasteiger partial charge in [0.2, 0.25) is 5.91 Å². The summed E-state index contributed by atoms with van der Waals surface area (Å²) in [6.45, 7) is -0.316. The van der Waals surface area contributed by atoms with Gasteiger partial charge >= 0.3 is 5.69 Å². The largest absolute Gasteiger partial charge is 0.328 e. The lowest BCUT2D eigenvalue weighted by Gasteiger charge is -2.07. The fraction of sp³-hybridized carbons (Fsp3) is 0.0833. The van der Waals surface area contributed by atoms with E-state index in [4.69, 9.17) is 0 Å². The summed E-state index contributed by atoms with van der Waals surface area (Å²) in [7, 11) is 0. The molecule has 0 bridgehead atoms. The number of nitrogens with zero attached hydrogens (tertiary/aromatic N) is 1. The van der Waals surface area contributed by atoms with Gasteiger partial charge < -0.3 is 5.32 Å². The third-order valence-corrected chi connectivity index (χ3v) is 2.36. The second-order valence-corrected chi connectivity index (χ2v) is 3.77. The molecule has 0 aliphatic heterocycles. The van der Waals surface area contributed by atoms with Crippen LogP contribution in [0.5, 0.6) is 0 Å². The number of rotatable bonds is 3. The highest BCUT2D eigenvalue weighted by atomic mass is 19.1. The molecule has 0 spiro atoms. The Kier molecular flexibility index (Phi) is 3.56. The monoisotopic (exact) mass is 263 g/mol. The van der Waals surface area contributed by atoms with Crippen molar-refractivity contribution < 1.29 is 9.18 Å². The van der Waals surface area contributed by atoms with Gasteiger partial charge in [-0.3, -0.25) is 19.1 Å².